The van der Waals surface area contributed by atoms with Crippen LogP contribution in [-0.4, -0.2) is 6.54 Å². The molecule has 1 aromatic rings. The summed E-state index contributed by atoms with van der Waals surface area (Å²) >= 11 is 0. The van der Waals surface area contributed by atoms with Gasteiger partial charge < -0.3 is 5.32 Å². The Morgan fingerprint density at radius 3 is 2.53 bits per heavy atom. The number of fused-ring (bicyclic) bond motifs is 2. The van der Waals surface area contributed by atoms with Gasteiger partial charge in [-0.2, -0.15) is 13.2 Å². The predicted octanol–water partition coefficient (Wildman–Crippen LogP) is 3.38. The van der Waals surface area contributed by atoms with Gasteiger partial charge in [-0.05, 0) is 48.9 Å². The quantitative estimate of drug-likeness (QED) is 0.794. The van der Waals surface area contributed by atoms with Crippen molar-refractivity contribution in [1.82, 2.24) is 5.32 Å². The Kier molecular flexibility index (Phi) is 2.43. The lowest BCUT2D eigenvalue weighted by Crippen LogP contribution is -2.48. The van der Waals surface area contributed by atoms with E-state index in [4.69, 9.17) is 0 Å². The normalized spacial score (nSPS) is 32.1. The molecule has 2 saturated heterocycles. The number of benzene rings is 1. The Labute approximate surface area is 98.0 Å². The molecule has 1 unspecified atom stereocenters. The summed E-state index contributed by atoms with van der Waals surface area (Å²) in [5.41, 5.74) is 0.237. The van der Waals surface area contributed by atoms with Crippen LogP contribution in [0.3, 0.4) is 0 Å². The molecule has 0 radical (unpaired) electrons. The smallest absolute Gasteiger partial charge is 0.309 e. The molecule has 3 aliphatic rings. The largest absolute Gasteiger partial charge is 0.416 e. The monoisotopic (exact) mass is 241 g/mol. The maximum atomic E-state index is 12.6. The third-order valence-corrected chi connectivity index (χ3v) is 3.94. The second-order valence-corrected chi connectivity index (χ2v) is 5.11. The van der Waals surface area contributed by atoms with Gasteiger partial charge in [-0.15, -0.1) is 0 Å². The van der Waals surface area contributed by atoms with Gasteiger partial charge in [-0.3, -0.25) is 0 Å². The van der Waals surface area contributed by atoms with Gasteiger partial charge in [0.1, 0.15) is 0 Å². The van der Waals surface area contributed by atoms with Gasteiger partial charge in [-0.25, -0.2) is 0 Å². The van der Waals surface area contributed by atoms with E-state index in [9.17, 15) is 13.2 Å². The zero-order chi connectivity index (χ0) is 12.0. The van der Waals surface area contributed by atoms with Gasteiger partial charge in [0.15, 0.2) is 0 Å². The van der Waals surface area contributed by atoms with Crippen molar-refractivity contribution >= 4 is 0 Å². The number of hydrogen-bond donors (Lipinski definition) is 1. The molecule has 1 aromatic carbocycles. The van der Waals surface area contributed by atoms with E-state index >= 15 is 0 Å². The van der Waals surface area contributed by atoms with E-state index in [-0.39, 0.29) is 6.04 Å². The first kappa shape index (κ1) is 11.1. The average molecular weight is 241 g/mol. The number of piperidine rings is 2. The zero-order valence-corrected chi connectivity index (χ0v) is 9.30. The highest BCUT2D eigenvalue weighted by Gasteiger charge is 2.41. The molecule has 1 aliphatic carbocycles. The van der Waals surface area contributed by atoms with Crippen molar-refractivity contribution in [3.8, 4) is 0 Å². The van der Waals surface area contributed by atoms with Crippen LogP contribution in [0.2, 0.25) is 0 Å². The van der Waals surface area contributed by atoms with Gasteiger partial charge in [0.2, 0.25) is 0 Å². The Bertz CT molecular complexity index is 418. The molecule has 1 atom stereocenters. The Balaban J connectivity index is 1.87. The van der Waals surface area contributed by atoms with Crippen LogP contribution in [0.5, 0.6) is 0 Å². The van der Waals surface area contributed by atoms with E-state index in [1.54, 1.807) is 6.07 Å². The third kappa shape index (κ3) is 1.95. The van der Waals surface area contributed by atoms with Crippen LogP contribution in [0.1, 0.15) is 30.0 Å². The molecule has 1 saturated carbocycles. The van der Waals surface area contributed by atoms with Crippen LogP contribution in [0.4, 0.5) is 13.2 Å². The van der Waals surface area contributed by atoms with Crippen LogP contribution in [0.25, 0.3) is 0 Å². The maximum absolute atomic E-state index is 12.6. The van der Waals surface area contributed by atoms with Gasteiger partial charge in [0.25, 0.3) is 0 Å². The van der Waals surface area contributed by atoms with Gasteiger partial charge in [0, 0.05) is 6.04 Å². The summed E-state index contributed by atoms with van der Waals surface area (Å²) in [7, 11) is 0. The summed E-state index contributed by atoms with van der Waals surface area (Å²) in [4.78, 5) is 0. The summed E-state index contributed by atoms with van der Waals surface area (Å²) in [5, 5.41) is 3.35. The van der Waals surface area contributed by atoms with Crippen molar-refractivity contribution in [3.63, 3.8) is 0 Å². The number of nitrogens with one attached hydrogen (secondary N) is 1. The van der Waals surface area contributed by atoms with Crippen LogP contribution >= 0.6 is 0 Å². The molecule has 1 N–H and O–H groups in total. The lowest BCUT2D eigenvalue weighted by Gasteiger charge is -2.47. The number of rotatable bonds is 1. The highest BCUT2D eigenvalue weighted by Crippen LogP contribution is 2.46. The van der Waals surface area contributed by atoms with E-state index in [2.05, 4.69) is 5.32 Å². The number of hydrogen-bond acceptors (Lipinski definition) is 1. The summed E-state index contributed by atoms with van der Waals surface area (Å²) in [6.07, 6.45) is -1.92. The third-order valence-electron chi connectivity index (χ3n) is 3.94. The maximum Gasteiger partial charge on any atom is 0.416 e. The lowest BCUT2D eigenvalue weighted by molar-refractivity contribution is -0.137. The van der Waals surface area contributed by atoms with E-state index < -0.39 is 11.7 Å². The Hall–Kier alpha value is -1.03. The zero-order valence-electron chi connectivity index (χ0n) is 9.30. The lowest BCUT2D eigenvalue weighted by atomic mass is 9.66. The summed E-state index contributed by atoms with van der Waals surface area (Å²) in [5.74, 6) is 1.28. The second-order valence-electron chi connectivity index (χ2n) is 5.11. The molecular weight excluding hydrogens is 227 g/mol. The fourth-order valence-corrected chi connectivity index (χ4v) is 2.98. The Morgan fingerprint density at radius 2 is 1.94 bits per heavy atom. The van der Waals surface area contributed by atoms with Crippen LogP contribution in [0, 0.1) is 11.8 Å². The molecule has 17 heavy (non-hydrogen) atoms. The molecule has 92 valence electrons. The Morgan fingerprint density at radius 1 is 1.18 bits per heavy atom. The van der Waals surface area contributed by atoms with E-state index in [1.165, 1.54) is 12.1 Å². The summed E-state index contributed by atoms with van der Waals surface area (Å²) in [6.45, 7) is 0.942. The van der Waals surface area contributed by atoms with Gasteiger partial charge in [-0.1, -0.05) is 12.1 Å². The molecule has 4 rings (SSSR count). The molecule has 2 bridgehead atoms. The SMILES string of the molecule is FC(F)(F)c1cccc(C2NCC3CC2C3)c1. The van der Waals surface area contributed by atoms with Crippen molar-refractivity contribution in [2.75, 3.05) is 6.54 Å². The minimum atomic E-state index is -4.24. The molecule has 3 fully saturated rings. The van der Waals surface area contributed by atoms with Crippen LogP contribution < -0.4 is 5.32 Å². The first-order valence-corrected chi connectivity index (χ1v) is 5.94. The van der Waals surface area contributed by atoms with Crippen LogP contribution in [0.15, 0.2) is 24.3 Å². The first-order valence-electron chi connectivity index (χ1n) is 5.94. The molecule has 2 heterocycles. The molecule has 0 amide bonds. The van der Waals surface area contributed by atoms with E-state index in [1.807, 2.05) is 0 Å². The molecular formula is C13H14F3N. The van der Waals surface area contributed by atoms with Crippen molar-refractivity contribution < 1.29 is 13.2 Å². The second kappa shape index (κ2) is 3.73. The number of halogens is 3. The minimum Gasteiger partial charge on any atom is -0.309 e. The van der Waals surface area contributed by atoms with Crippen molar-refractivity contribution in [2.24, 2.45) is 11.8 Å². The molecule has 0 aromatic heterocycles. The fourth-order valence-electron chi connectivity index (χ4n) is 2.98. The molecule has 2 aliphatic heterocycles. The fraction of sp³-hybridized carbons (Fsp3) is 0.538. The number of alkyl halides is 3. The van der Waals surface area contributed by atoms with E-state index in [0.717, 1.165) is 36.9 Å². The highest BCUT2D eigenvalue weighted by atomic mass is 19.4. The van der Waals surface area contributed by atoms with Gasteiger partial charge in [0.05, 0.1) is 5.56 Å². The van der Waals surface area contributed by atoms with Crippen molar-refractivity contribution in [1.29, 1.82) is 0 Å². The molecule has 4 heteroatoms. The average Bonchev–Trinajstić information content (AvgIpc) is 2.27. The summed E-state index contributed by atoms with van der Waals surface area (Å²) in [6, 6.07) is 5.84. The van der Waals surface area contributed by atoms with Crippen molar-refractivity contribution in [2.45, 2.75) is 25.1 Å². The standard InChI is InChI=1S/C13H14F3N/c14-13(15,16)11-3-1-2-9(6-11)12-10-4-8(5-10)7-17-12/h1-3,6,8,10,12,17H,4-5,7H2. The van der Waals surface area contributed by atoms with Crippen molar-refractivity contribution in [3.05, 3.63) is 35.4 Å². The minimum absolute atomic E-state index is 0.113. The summed E-state index contributed by atoms with van der Waals surface area (Å²) < 4.78 is 37.9. The van der Waals surface area contributed by atoms with Crippen LogP contribution in [-0.2, 0) is 6.18 Å². The first-order chi connectivity index (χ1) is 8.04. The molecule has 1 nitrogen and oxygen atoms in total. The highest BCUT2D eigenvalue weighted by molar-refractivity contribution is 5.29. The van der Waals surface area contributed by atoms with E-state index in [0.29, 0.717) is 5.92 Å². The van der Waals surface area contributed by atoms with Gasteiger partial charge >= 0.3 is 6.18 Å². The topological polar surface area (TPSA) is 12.0 Å². The predicted molar refractivity (Wildman–Crippen MR) is 58.4 cm³/mol. The molecule has 0 spiro atoms.